The molecular formula is C11H22N2O2S. The Morgan fingerprint density at radius 1 is 1.31 bits per heavy atom. The molecule has 94 valence electrons. The topological polar surface area (TPSA) is 63.4 Å². The molecule has 2 N–H and O–H groups in total. The fraction of sp³-hybridized carbons (Fsp3) is 1.00. The molecule has 1 heterocycles. The van der Waals surface area contributed by atoms with Crippen molar-refractivity contribution in [2.45, 2.75) is 38.6 Å². The maximum Gasteiger partial charge on any atom is 0.214 e. The molecule has 0 amide bonds. The first-order valence-corrected chi connectivity index (χ1v) is 7.83. The van der Waals surface area contributed by atoms with Crippen LogP contribution in [0.5, 0.6) is 0 Å². The summed E-state index contributed by atoms with van der Waals surface area (Å²) < 4.78 is 25.8. The zero-order chi connectivity index (χ0) is 11.8. The van der Waals surface area contributed by atoms with E-state index in [2.05, 4.69) is 0 Å². The van der Waals surface area contributed by atoms with Crippen LogP contribution in [-0.2, 0) is 10.0 Å². The summed E-state index contributed by atoms with van der Waals surface area (Å²) in [5.74, 6) is 1.29. The molecule has 1 aliphatic carbocycles. The highest BCUT2D eigenvalue weighted by Crippen LogP contribution is 2.33. The predicted molar refractivity (Wildman–Crippen MR) is 64.5 cm³/mol. The van der Waals surface area contributed by atoms with Crippen molar-refractivity contribution in [1.82, 2.24) is 4.31 Å². The van der Waals surface area contributed by atoms with Gasteiger partial charge in [0.2, 0.25) is 10.0 Å². The zero-order valence-corrected chi connectivity index (χ0v) is 10.7. The van der Waals surface area contributed by atoms with E-state index in [0.717, 1.165) is 12.8 Å². The molecule has 0 bridgehead atoms. The lowest BCUT2D eigenvalue weighted by Gasteiger charge is -2.34. The van der Waals surface area contributed by atoms with Gasteiger partial charge in [-0.2, -0.15) is 0 Å². The summed E-state index contributed by atoms with van der Waals surface area (Å²) in [5, 5.41) is 0. The van der Waals surface area contributed by atoms with Gasteiger partial charge in [0, 0.05) is 19.1 Å². The molecule has 2 atom stereocenters. The Kier molecular flexibility index (Phi) is 3.56. The maximum atomic E-state index is 12.1. The van der Waals surface area contributed by atoms with Crippen LogP contribution in [0.2, 0.25) is 0 Å². The first-order chi connectivity index (χ1) is 7.49. The predicted octanol–water partition coefficient (Wildman–Crippen LogP) is 0.785. The van der Waals surface area contributed by atoms with Gasteiger partial charge in [0.1, 0.15) is 0 Å². The molecule has 2 fully saturated rings. The van der Waals surface area contributed by atoms with Gasteiger partial charge < -0.3 is 5.73 Å². The lowest BCUT2D eigenvalue weighted by Crippen LogP contribution is -2.48. The molecule has 1 saturated carbocycles. The van der Waals surface area contributed by atoms with Gasteiger partial charge in [-0.05, 0) is 24.7 Å². The minimum atomic E-state index is -3.02. The molecule has 2 unspecified atom stereocenters. The quantitative estimate of drug-likeness (QED) is 0.797. The Morgan fingerprint density at radius 3 is 2.56 bits per heavy atom. The summed E-state index contributed by atoms with van der Waals surface area (Å²) in [5.41, 5.74) is 5.89. The highest BCUT2D eigenvalue weighted by Gasteiger charge is 2.32. The fourth-order valence-corrected chi connectivity index (χ4v) is 3.96. The second-order valence-electron chi connectivity index (χ2n) is 5.34. The van der Waals surface area contributed by atoms with Crippen molar-refractivity contribution in [2.24, 2.45) is 17.6 Å². The Morgan fingerprint density at radius 2 is 2.00 bits per heavy atom. The van der Waals surface area contributed by atoms with Crippen molar-refractivity contribution in [3.63, 3.8) is 0 Å². The van der Waals surface area contributed by atoms with Crippen molar-refractivity contribution >= 4 is 10.0 Å². The highest BCUT2D eigenvalue weighted by molar-refractivity contribution is 7.89. The van der Waals surface area contributed by atoms with Crippen LogP contribution >= 0.6 is 0 Å². The van der Waals surface area contributed by atoms with Crippen molar-refractivity contribution in [3.05, 3.63) is 0 Å². The lowest BCUT2D eigenvalue weighted by molar-refractivity contribution is 0.250. The van der Waals surface area contributed by atoms with E-state index in [1.807, 2.05) is 6.92 Å². The van der Waals surface area contributed by atoms with E-state index in [0.29, 0.717) is 24.8 Å². The smallest absolute Gasteiger partial charge is 0.214 e. The Bertz CT molecular complexity index is 338. The number of hydrogen-bond donors (Lipinski definition) is 1. The third-order valence-corrected chi connectivity index (χ3v) is 5.68. The highest BCUT2D eigenvalue weighted by atomic mass is 32.2. The van der Waals surface area contributed by atoms with E-state index in [4.69, 9.17) is 5.73 Å². The first-order valence-electron chi connectivity index (χ1n) is 6.22. The first kappa shape index (κ1) is 12.3. The average Bonchev–Trinajstić information content (AvgIpc) is 3.03. The fourth-order valence-electron chi connectivity index (χ4n) is 2.23. The van der Waals surface area contributed by atoms with Gasteiger partial charge >= 0.3 is 0 Å². The van der Waals surface area contributed by atoms with Crippen molar-refractivity contribution in [3.8, 4) is 0 Å². The minimum absolute atomic E-state index is 0.162. The normalized spacial score (nSPS) is 32.9. The summed E-state index contributed by atoms with van der Waals surface area (Å²) in [4.78, 5) is 0. The Hall–Kier alpha value is -0.130. The van der Waals surface area contributed by atoms with E-state index in [9.17, 15) is 8.42 Å². The van der Waals surface area contributed by atoms with Crippen LogP contribution in [0.15, 0.2) is 0 Å². The molecule has 1 aliphatic heterocycles. The van der Waals surface area contributed by atoms with E-state index >= 15 is 0 Å². The monoisotopic (exact) mass is 246 g/mol. The third kappa shape index (κ3) is 2.96. The van der Waals surface area contributed by atoms with Crippen LogP contribution in [0.1, 0.15) is 32.6 Å². The van der Waals surface area contributed by atoms with E-state index in [1.165, 1.54) is 12.8 Å². The van der Waals surface area contributed by atoms with Crippen LogP contribution < -0.4 is 5.73 Å². The van der Waals surface area contributed by atoms with Gasteiger partial charge in [0.05, 0.1) is 5.75 Å². The van der Waals surface area contributed by atoms with Gasteiger partial charge in [-0.3, -0.25) is 0 Å². The molecule has 2 rings (SSSR count). The average molecular weight is 246 g/mol. The third-order valence-electron chi connectivity index (χ3n) is 3.81. The standard InChI is InChI=1S/C11H22N2O2S/c1-9-8-13(6-4-11(9)12)16(14,15)7-5-10-2-3-10/h9-11H,2-8,12H2,1H3. The van der Waals surface area contributed by atoms with E-state index < -0.39 is 10.0 Å². The van der Waals surface area contributed by atoms with E-state index in [1.54, 1.807) is 4.31 Å². The molecule has 0 aromatic rings. The van der Waals surface area contributed by atoms with Crippen molar-refractivity contribution in [1.29, 1.82) is 0 Å². The summed E-state index contributed by atoms with van der Waals surface area (Å²) in [6.07, 6.45) is 4.08. The number of hydrogen-bond acceptors (Lipinski definition) is 3. The van der Waals surface area contributed by atoms with Crippen LogP contribution in [0.25, 0.3) is 0 Å². The molecule has 2 aliphatic rings. The van der Waals surface area contributed by atoms with Crippen LogP contribution in [0.4, 0.5) is 0 Å². The van der Waals surface area contributed by atoms with Crippen LogP contribution in [0, 0.1) is 11.8 Å². The number of rotatable bonds is 4. The molecule has 0 radical (unpaired) electrons. The second-order valence-corrected chi connectivity index (χ2v) is 7.42. The van der Waals surface area contributed by atoms with Crippen molar-refractivity contribution in [2.75, 3.05) is 18.8 Å². The molecule has 16 heavy (non-hydrogen) atoms. The molecule has 0 aromatic carbocycles. The Labute approximate surface area is 98.2 Å². The largest absolute Gasteiger partial charge is 0.327 e. The van der Waals surface area contributed by atoms with E-state index in [-0.39, 0.29) is 12.0 Å². The second kappa shape index (κ2) is 4.63. The molecule has 5 heteroatoms. The summed E-state index contributed by atoms with van der Waals surface area (Å²) >= 11 is 0. The molecule has 0 spiro atoms. The molecular weight excluding hydrogens is 224 g/mol. The minimum Gasteiger partial charge on any atom is -0.327 e. The summed E-state index contributed by atoms with van der Waals surface area (Å²) in [7, 11) is -3.02. The van der Waals surface area contributed by atoms with Crippen molar-refractivity contribution < 1.29 is 8.42 Å². The maximum absolute atomic E-state index is 12.1. The summed E-state index contributed by atoms with van der Waals surface area (Å²) in [6.45, 7) is 3.25. The molecule has 1 saturated heterocycles. The number of piperidine rings is 1. The van der Waals surface area contributed by atoms with Gasteiger partial charge in [-0.15, -0.1) is 0 Å². The van der Waals surface area contributed by atoms with Gasteiger partial charge in [0.25, 0.3) is 0 Å². The van der Waals surface area contributed by atoms with Gasteiger partial charge in [0.15, 0.2) is 0 Å². The Balaban J connectivity index is 1.89. The zero-order valence-electron chi connectivity index (χ0n) is 9.93. The van der Waals surface area contributed by atoms with Gasteiger partial charge in [-0.1, -0.05) is 19.8 Å². The SMILES string of the molecule is CC1CN(S(=O)(=O)CCC2CC2)CCC1N. The lowest BCUT2D eigenvalue weighted by atomic mass is 9.96. The van der Waals surface area contributed by atoms with Crippen LogP contribution in [-0.4, -0.2) is 37.6 Å². The van der Waals surface area contributed by atoms with Gasteiger partial charge in [-0.25, -0.2) is 12.7 Å². The number of sulfonamides is 1. The number of nitrogens with two attached hydrogens (primary N) is 1. The van der Waals surface area contributed by atoms with Crippen LogP contribution in [0.3, 0.4) is 0 Å². The number of nitrogens with zero attached hydrogens (tertiary/aromatic N) is 1. The molecule has 0 aromatic heterocycles. The summed E-state index contributed by atoms with van der Waals surface area (Å²) in [6, 6.07) is 0.162. The molecule has 4 nitrogen and oxygen atoms in total.